The monoisotopic (exact) mass is 440 g/mol. The Kier molecular flexibility index (Phi) is 7.64. The van der Waals surface area contributed by atoms with E-state index in [9.17, 15) is 18.3 Å². The first kappa shape index (κ1) is 23.6. The van der Waals surface area contributed by atoms with Crippen LogP contribution >= 0.6 is 0 Å². The SMILES string of the molecule is C.C1CCC2CNCC2C1.OCc1c(-c2ccccc2OC(F)(F)F)noc1C1CC1. The van der Waals surface area contributed by atoms with Crippen molar-refractivity contribution in [3.05, 3.63) is 35.6 Å². The van der Waals surface area contributed by atoms with Crippen LogP contribution in [0.3, 0.4) is 0 Å². The van der Waals surface area contributed by atoms with E-state index in [1.54, 1.807) is 6.07 Å². The zero-order valence-corrected chi connectivity index (χ0v) is 16.8. The summed E-state index contributed by atoms with van der Waals surface area (Å²) < 4.78 is 46.6. The molecule has 1 aromatic heterocycles. The molecule has 8 heteroatoms. The van der Waals surface area contributed by atoms with E-state index in [0.29, 0.717) is 11.3 Å². The van der Waals surface area contributed by atoms with Crippen LogP contribution < -0.4 is 10.1 Å². The van der Waals surface area contributed by atoms with E-state index in [0.717, 1.165) is 24.7 Å². The van der Waals surface area contributed by atoms with Gasteiger partial charge in [-0.1, -0.05) is 37.6 Å². The van der Waals surface area contributed by atoms with E-state index >= 15 is 0 Å². The Morgan fingerprint density at radius 3 is 2.29 bits per heavy atom. The minimum Gasteiger partial charge on any atom is -0.405 e. The maximum absolute atomic E-state index is 12.4. The van der Waals surface area contributed by atoms with Gasteiger partial charge in [-0.05, 0) is 62.7 Å². The van der Waals surface area contributed by atoms with Gasteiger partial charge in [0.05, 0.1) is 6.61 Å². The summed E-state index contributed by atoms with van der Waals surface area (Å²) in [4.78, 5) is 0. The predicted molar refractivity (Wildman–Crippen MR) is 112 cm³/mol. The molecule has 0 spiro atoms. The molecule has 2 atom stereocenters. The first-order valence-corrected chi connectivity index (χ1v) is 10.6. The third-order valence-electron chi connectivity index (χ3n) is 6.17. The number of alkyl halides is 3. The Labute approximate surface area is 181 Å². The van der Waals surface area contributed by atoms with Crippen molar-refractivity contribution >= 4 is 0 Å². The van der Waals surface area contributed by atoms with E-state index in [4.69, 9.17) is 4.52 Å². The molecule has 2 unspecified atom stereocenters. The molecule has 2 aliphatic carbocycles. The molecule has 3 fully saturated rings. The quantitative estimate of drug-likeness (QED) is 0.644. The molecule has 1 aliphatic heterocycles. The Morgan fingerprint density at radius 2 is 1.71 bits per heavy atom. The van der Waals surface area contributed by atoms with Crippen LogP contribution in [0, 0.1) is 11.8 Å². The highest BCUT2D eigenvalue weighted by Gasteiger charge is 2.35. The molecule has 1 aromatic carbocycles. The Bertz CT molecular complexity index is 837. The summed E-state index contributed by atoms with van der Waals surface area (Å²) in [5, 5.41) is 16.8. The predicted octanol–water partition coefficient (Wildman–Crippen LogP) is 5.64. The van der Waals surface area contributed by atoms with Gasteiger partial charge in [0.1, 0.15) is 17.2 Å². The normalized spacial score (nSPS) is 22.7. The highest BCUT2D eigenvalue weighted by atomic mass is 19.4. The van der Waals surface area contributed by atoms with Gasteiger partial charge >= 0.3 is 6.36 Å². The van der Waals surface area contributed by atoms with Gasteiger partial charge in [0.15, 0.2) is 0 Å². The lowest BCUT2D eigenvalue weighted by Gasteiger charge is -2.23. The smallest absolute Gasteiger partial charge is 0.405 e. The van der Waals surface area contributed by atoms with Gasteiger partial charge in [0.25, 0.3) is 0 Å². The molecule has 2 heterocycles. The van der Waals surface area contributed by atoms with Crippen molar-refractivity contribution in [3.63, 3.8) is 0 Å². The highest BCUT2D eigenvalue weighted by molar-refractivity contribution is 5.70. The summed E-state index contributed by atoms with van der Waals surface area (Å²) >= 11 is 0. The summed E-state index contributed by atoms with van der Waals surface area (Å²) in [5.74, 6) is 2.49. The minimum atomic E-state index is -4.79. The third kappa shape index (κ3) is 5.80. The number of rotatable bonds is 4. The van der Waals surface area contributed by atoms with E-state index in [1.165, 1.54) is 57.0 Å². The second kappa shape index (κ2) is 10.0. The van der Waals surface area contributed by atoms with Crippen LogP contribution in [0.1, 0.15) is 63.2 Å². The largest absolute Gasteiger partial charge is 0.573 e. The second-order valence-corrected chi connectivity index (χ2v) is 8.31. The molecular weight excluding hydrogens is 409 g/mol. The van der Waals surface area contributed by atoms with Crippen LogP contribution in [0.15, 0.2) is 28.8 Å². The number of ether oxygens (including phenoxy) is 1. The molecule has 2 saturated carbocycles. The van der Waals surface area contributed by atoms with Crippen molar-refractivity contribution in [3.8, 4) is 17.0 Å². The van der Waals surface area contributed by atoms with Gasteiger partial charge in [-0.25, -0.2) is 0 Å². The number of aromatic nitrogens is 1. The fraction of sp³-hybridized carbons (Fsp3) is 0.609. The first-order valence-electron chi connectivity index (χ1n) is 10.6. The van der Waals surface area contributed by atoms with E-state index in [2.05, 4.69) is 15.2 Å². The molecule has 3 aliphatic rings. The Balaban J connectivity index is 0.000000227. The summed E-state index contributed by atoms with van der Waals surface area (Å²) in [6, 6.07) is 5.67. The van der Waals surface area contributed by atoms with Crippen molar-refractivity contribution in [1.82, 2.24) is 10.5 Å². The van der Waals surface area contributed by atoms with Crippen molar-refractivity contribution in [2.24, 2.45) is 11.8 Å². The maximum Gasteiger partial charge on any atom is 0.573 e. The van der Waals surface area contributed by atoms with Crippen molar-refractivity contribution < 1.29 is 27.5 Å². The maximum atomic E-state index is 12.4. The van der Waals surface area contributed by atoms with Gasteiger partial charge in [0, 0.05) is 17.0 Å². The molecule has 5 rings (SSSR count). The molecule has 5 nitrogen and oxygen atoms in total. The fourth-order valence-electron chi connectivity index (χ4n) is 4.50. The van der Waals surface area contributed by atoms with Gasteiger partial charge in [-0.2, -0.15) is 0 Å². The summed E-state index contributed by atoms with van der Waals surface area (Å²) in [7, 11) is 0. The van der Waals surface area contributed by atoms with Crippen molar-refractivity contribution in [1.29, 1.82) is 0 Å². The number of fused-ring (bicyclic) bond motifs is 1. The lowest BCUT2D eigenvalue weighted by Crippen LogP contribution is -2.17. The van der Waals surface area contributed by atoms with Crippen molar-refractivity contribution in [2.45, 2.75) is 64.8 Å². The number of nitrogens with zero attached hydrogens (tertiary/aromatic N) is 1. The van der Waals surface area contributed by atoms with E-state index in [-0.39, 0.29) is 37.0 Å². The molecule has 172 valence electrons. The van der Waals surface area contributed by atoms with E-state index < -0.39 is 6.36 Å². The average molecular weight is 441 g/mol. The molecule has 1 saturated heterocycles. The molecule has 0 radical (unpaired) electrons. The zero-order valence-electron chi connectivity index (χ0n) is 16.8. The number of hydrogen-bond donors (Lipinski definition) is 2. The number of hydrogen-bond acceptors (Lipinski definition) is 5. The molecule has 0 bridgehead atoms. The molecule has 2 N–H and O–H groups in total. The third-order valence-corrected chi connectivity index (χ3v) is 6.17. The average Bonchev–Trinajstić information content (AvgIpc) is 3.29. The summed E-state index contributed by atoms with van der Waals surface area (Å²) in [6.07, 6.45) is 3.05. The number of halogens is 3. The van der Waals surface area contributed by atoms with Gasteiger partial charge in [-0.15, -0.1) is 13.2 Å². The molecule has 31 heavy (non-hydrogen) atoms. The topological polar surface area (TPSA) is 67.5 Å². The van der Waals surface area contributed by atoms with Gasteiger partial charge < -0.3 is 19.7 Å². The van der Waals surface area contributed by atoms with Gasteiger partial charge in [-0.3, -0.25) is 0 Å². The second-order valence-electron chi connectivity index (χ2n) is 8.31. The number of aliphatic hydroxyl groups is 1. The number of aliphatic hydroxyl groups excluding tert-OH is 1. The van der Waals surface area contributed by atoms with Crippen LogP contribution in [-0.2, 0) is 6.61 Å². The van der Waals surface area contributed by atoms with Crippen LogP contribution in [0.25, 0.3) is 11.3 Å². The standard InChI is InChI=1S/C14H12F3NO3.C8H15N.CH4/c15-14(16,17)20-11-4-2-1-3-9(11)12-10(7-19)13(21-18-12)8-5-6-8;1-2-4-8-6-9-5-7(8)3-1;/h1-4,8,19H,5-7H2;7-9H,1-6H2;1H4. The van der Waals surface area contributed by atoms with Crippen LogP contribution in [0.5, 0.6) is 5.75 Å². The highest BCUT2D eigenvalue weighted by Crippen LogP contribution is 2.45. The number of nitrogens with one attached hydrogen (secondary N) is 1. The van der Waals surface area contributed by atoms with E-state index in [1.807, 2.05) is 0 Å². The lowest BCUT2D eigenvalue weighted by atomic mass is 9.82. The molecular formula is C23H31F3N2O3. The fourth-order valence-corrected chi connectivity index (χ4v) is 4.50. The zero-order chi connectivity index (χ0) is 21.1. The Hall–Kier alpha value is -2.06. The number of benzene rings is 1. The summed E-state index contributed by atoms with van der Waals surface area (Å²) in [6.45, 7) is 2.28. The minimum absolute atomic E-state index is 0. The first-order chi connectivity index (χ1) is 14.5. The lowest BCUT2D eigenvalue weighted by molar-refractivity contribution is -0.274. The Morgan fingerprint density at radius 1 is 1.06 bits per heavy atom. The summed E-state index contributed by atoms with van der Waals surface area (Å²) in [5.41, 5.74) is 0.768. The number of para-hydroxylation sites is 1. The van der Waals surface area contributed by atoms with Gasteiger partial charge in [0.2, 0.25) is 0 Å². The van der Waals surface area contributed by atoms with Crippen LogP contribution in [-0.4, -0.2) is 29.7 Å². The van der Waals surface area contributed by atoms with Crippen LogP contribution in [0.2, 0.25) is 0 Å². The molecule has 0 amide bonds. The van der Waals surface area contributed by atoms with Crippen LogP contribution in [0.4, 0.5) is 13.2 Å². The molecule has 2 aromatic rings. The van der Waals surface area contributed by atoms with Crippen molar-refractivity contribution in [2.75, 3.05) is 13.1 Å².